The molecule has 0 aliphatic carbocycles. The molecule has 0 radical (unpaired) electrons. The van der Waals surface area contributed by atoms with Crippen LogP contribution in [0.25, 0.3) is 0 Å². The van der Waals surface area contributed by atoms with Gasteiger partial charge in [0.05, 0.1) is 0 Å². The fraction of sp³-hybridized carbons (Fsp3) is 0.700. The fourth-order valence-corrected chi connectivity index (χ4v) is 1.55. The van der Waals surface area contributed by atoms with Crippen molar-refractivity contribution in [3.05, 3.63) is 11.6 Å². The Labute approximate surface area is 69.2 Å². The van der Waals surface area contributed by atoms with Crippen LogP contribution in [0.3, 0.4) is 0 Å². The molecule has 1 aliphatic heterocycles. The van der Waals surface area contributed by atoms with Gasteiger partial charge in [0.1, 0.15) is 0 Å². The Morgan fingerprint density at radius 2 is 2.45 bits per heavy atom. The maximum Gasteiger partial charge on any atom is 0.0394 e. The zero-order valence-corrected chi connectivity index (χ0v) is 7.51. The molecule has 1 unspecified atom stereocenters. The standard InChI is InChI=1S/C10H17N/c1-3-4-10-5-6-11-8-9(2)7-10/h7-8,10H,3-6H2,1-2H3. The van der Waals surface area contributed by atoms with Crippen molar-refractivity contribution in [2.45, 2.75) is 33.1 Å². The molecule has 1 heteroatoms. The molecule has 0 amide bonds. The quantitative estimate of drug-likeness (QED) is 0.575. The van der Waals surface area contributed by atoms with E-state index in [1.54, 1.807) is 0 Å². The van der Waals surface area contributed by atoms with E-state index in [2.05, 4.69) is 24.9 Å². The Kier molecular flexibility index (Phi) is 3.34. The van der Waals surface area contributed by atoms with Crippen molar-refractivity contribution in [1.82, 2.24) is 0 Å². The molecule has 0 bridgehead atoms. The number of hydrogen-bond acceptors (Lipinski definition) is 1. The molecule has 0 fully saturated rings. The summed E-state index contributed by atoms with van der Waals surface area (Å²) in [5.74, 6) is 0.780. The molecule has 1 rings (SSSR count). The summed E-state index contributed by atoms with van der Waals surface area (Å²) < 4.78 is 0. The molecule has 0 aromatic carbocycles. The molecule has 1 atom stereocenters. The largest absolute Gasteiger partial charge is 0.293 e. The van der Waals surface area contributed by atoms with Gasteiger partial charge in [-0.05, 0) is 31.3 Å². The van der Waals surface area contributed by atoms with Gasteiger partial charge in [0.2, 0.25) is 0 Å². The second-order valence-corrected chi connectivity index (χ2v) is 3.28. The van der Waals surface area contributed by atoms with E-state index in [0.29, 0.717) is 0 Å². The average Bonchev–Trinajstić information content (AvgIpc) is 2.15. The Bertz CT molecular complexity index is 168. The van der Waals surface area contributed by atoms with Crippen LogP contribution in [-0.2, 0) is 0 Å². The van der Waals surface area contributed by atoms with Crippen LogP contribution in [0.2, 0.25) is 0 Å². The lowest BCUT2D eigenvalue weighted by Crippen LogP contribution is -1.97. The predicted octanol–water partition coefficient (Wildman–Crippen LogP) is 2.82. The van der Waals surface area contributed by atoms with Gasteiger partial charge in [-0.3, -0.25) is 4.99 Å². The van der Waals surface area contributed by atoms with E-state index in [4.69, 9.17) is 0 Å². The summed E-state index contributed by atoms with van der Waals surface area (Å²) in [7, 11) is 0. The molecule has 0 saturated heterocycles. The van der Waals surface area contributed by atoms with Gasteiger partial charge in [0, 0.05) is 12.8 Å². The lowest BCUT2D eigenvalue weighted by molar-refractivity contribution is 0.547. The highest BCUT2D eigenvalue weighted by atomic mass is 14.7. The third-order valence-corrected chi connectivity index (χ3v) is 2.08. The zero-order valence-electron chi connectivity index (χ0n) is 7.51. The average molecular weight is 151 g/mol. The van der Waals surface area contributed by atoms with E-state index in [9.17, 15) is 0 Å². The Morgan fingerprint density at radius 3 is 3.18 bits per heavy atom. The Balaban J connectivity index is 2.49. The first-order valence-corrected chi connectivity index (χ1v) is 4.51. The van der Waals surface area contributed by atoms with Gasteiger partial charge in [-0.25, -0.2) is 0 Å². The van der Waals surface area contributed by atoms with Crippen LogP contribution < -0.4 is 0 Å². The number of aliphatic imine (C=N–C) groups is 1. The van der Waals surface area contributed by atoms with Gasteiger partial charge in [-0.1, -0.05) is 19.4 Å². The molecular formula is C10H17N. The first-order valence-electron chi connectivity index (χ1n) is 4.51. The van der Waals surface area contributed by atoms with Crippen molar-refractivity contribution in [2.24, 2.45) is 10.9 Å². The van der Waals surface area contributed by atoms with Crippen LogP contribution in [-0.4, -0.2) is 12.8 Å². The number of allylic oxidation sites excluding steroid dienone is 2. The summed E-state index contributed by atoms with van der Waals surface area (Å²) in [5, 5.41) is 0. The molecule has 0 spiro atoms. The van der Waals surface area contributed by atoms with Gasteiger partial charge in [0.25, 0.3) is 0 Å². The van der Waals surface area contributed by atoms with E-state index >= 15 is 0 Å². The van der Waals surface area contributed by atoms with E-state index in [0.717, 1.165) is 12.5 Å². The van der Waals surface area contributed by atoms with Crippen molar-refractivity contribution >= 4 is 6.21 Å². The third kappa shape index (κ3) is 2.87. The summed E-state index contributed by atoms with van der Waals surface area (Å²) in [6.45, 7) is 5.39. The molecule has 1 heterocycles. The molecule has 1 nitrogen and oxygen atoms in total. The van der Waals surface area contributed by atoms with E-state index < -0.39 is 0 Å². The van der Waals surface area contributed by atoms with E-state index in [1.807, 2.05) is 6.21 Å². The summed E-state index contributed by atoms with van der Waals surface area (Å²) in [5.41, 5.74) is 1.33. The molecule has 0 saturated carbocycles. The van der Waals surface area contributed by atoms with E-state index in [-0.39, 0.29) is 0 Å². The maximum atomic E-state index is 4.29. The smallest absolute Gasteiger partial charge is 0.0394 e. The van der Waals surface area contributed by atoms with Gasteiger partial charge >= 0.3 is 0 Å². The summed E-state index contributed by atoms with van der Waals surface area (Å²) in [4.78, 5) is 4.29. The topological polar surface area (TPSA) is 12.4 Å². The summed E-state index contributed by atoms with van der Waals surface area (Å²) in [6, 6.07) is 0. The molecule has 62 valence electrons. The molecule has 0 aromatic rings. The number of rotatable bonds is 2. The Hall–Kier alpha value is -0.590. The first kappa shape index (κ1) is 8.51. The van der Waals surface area contributed by atoms with Crippen LogP contribution in [0.5, 0.6) is 0 Å². The minimum atomic E-state index is 0.780. The highest BCUT2D eigenvalue weighted by Crippen LogP contribution is 2.16. The van der Waals surface area contributed by atoms with Gasteiger partial charge in [-0.15, -0.1) is 0 Å². The van der Waals surface area contributed by atoms with Gasteiger partial charge in [0.15, 0.2) is 0 Å². The van der Waals surface area contributed by atoms with Crippen molar-refractivity contribution in [3.8, 4) is 0 Å². The minimum absolute atomic E-state index is 0.780. The maximum absolute atomic E-state index is 4.29. The van der Waals surface area contributed by atoms with Crippen molar-refractivity contribution in [3.63, 3.8) is 0 Å². The van der Waals surface area contributed by atoms with Crippen molar-refractivity contribution < 1.29 is 0 Å². The summed E-state index contributed by atoms with van der Waals surface area (Å²) in [6.07, 6.45) is 8.20. The number of hydrogen-bond donors (Lipinski definition) is 0. The number of nitrogens with zero attached hydrogens (tertiary/aromatic N) is 1. The highest BCUT2D eigenvalue weighted by molar-refractivity contribution is 5.77. The van der Waals surface area contributed by atoms with Crippen LogP contribution >= 0.6 is 0 Å². The first-order chi connectivity index (χ1) is 5.33. The van der Waals surface area contributed by atoms with Gasteiger partial charge in [-0.2, -0.15) is 0 Å². The van der Waals surface area contributed by atoms with Gasteiger partial charge < -0.3 is 0 Å². The molecule has 0 N–H and O–H groups in total. The third-order valence-electron chi connectivity index (χ3n) is 2.08. The zero-order chi connectivity index (χ0) is 8.10. The van der Waals surface area contributed by atoms with Crippen molar-refractivity contribution in [1.29, 1.82) is 0 Å². The SMILES string of the molecule is CCCC1C=C(C)C=NCC1. The van der Waals surface area contributed by atoms with Crippen LogP contribution in [0.4, 0.5) is 0 Å². The highest BCUT2D eigenvalue weighted by Gasteiger charge is 2.05. The lowest BCUT2D eigenvalue weighted by Gasteiger charge is -2.07. The Morgan fingerprint density at radius 1 is 1.64 bits per heavy atom. The second kappa shape index (κ2) is 4.32. The summed E-state index contributed by atoms with van der Waals surface area (Å²) >= 11 is 0. The van der Waals surface area contributed by atoms with Crippen molar-refractivity contribution in [2.75, 3.05) is 6.54 Å². The molecule has 1 aliphatic rings. The minimum Gasteiger partial charge on any atom is -0.293 e. The molecule has 0 aromatic heterocycles. The normalized spacial score (nSPS) is 24.5. The predicted molar refractivity (Wildman–Crippen MR) is 50.1 cm³/mol. The fourth-order valence-electron chi connectivity index (χ4n) is 1.55. The van der Waals surface area contributed by atoms with Crippen LogP contribution in [0, 0.1) is 5.92 Å². The molecule has 11 heavy (non-hydrogen) atoms. The van der Waals surface area contributed by atoms with Crippen LogP contribution in [0.15, 0.2) is 16.6 Å². The second-order valence-electron chi connectivity index (χ2n) is 3.28. The molecular weight excluding hydrogens is 134 g/mol. The lowest BCUT2D eigenvalue weighted by atomic mass is 9.98. The van der Waals surface area contributed by atoms with Crippen LogP contribution in [0.1, 0.15) is 33.1 Å². The monoisotopic (exact) mass is 151 g/mol. The van der Waals surface area contributed by atoms with E-state index in [1.165, 1.54) is 24.8 Å².